The molecular weight excluding hydrogens is 268 g/mol. The number of para-hydroxylation sites is 1. The first kappa shape index (κ1) is 18.5. The van der Waals surface area contributed by atoms with E-state index in [-0.39, 0.29) is 0 Å². The van der Waals surface area contributed by atoms with Gasteiger partial charge in [-0.1, -0.05) is 36.4 Å². The molecule has 1 aromatic carbocycles. The van der Waals surface area contributed by atoms with E-state index in [0.717, 1.165) is 25.9 Å². The minimum atomic E-state index is 0.450. The first-order valence-electron chi connectivity index (χ1n) is 8.25. The molecule has 0 aromatic heterocycles. The number of anilines is 1. The minimum absolute atomic E-state index is 0.450. The van der Waals surface area contributed by atoms with Crippen molar-refractivity contribution in [1.82, 2.24) is 4.90 Å². The van der Waals surface area contributed by atoms with Gasteiger partial charge in [-0.2, -0.15) is 0 Å². The van der Waals surface area contributed by atoms with E-state index in [0.29, 0.717) is 6.04 Å². The molecule has 1 heterocycles. The molecule has 2 heteroatoms. The van der Waals surface area contributed by atoms with Crippen LogP contribution in [0.15, 0.2) is 49.1 Å². The summed E-state index contributed by atoms with van der Waals surface area (Å²) in [4.78, 5) is 4.79. The second-order valence-corrected chi connectivity index (χ2v) is 6.22. The molecule has 0 fully saturated rings. The van der Waals surface area contributed by atoms with Crippen LogP contribution in [-0.2, 0) is 6.42 Å². The van der Waals surface area contributed by atoms with Gasteiger partial charge in [0.15, 0.2) is 0 Å². The Morgan fingerprint density at radius 2 is 1.91 bits per heavy atom. The first-order valence-corrected chi connectivity index (χ1v) is 8.25. The molecule has 0 saturated heterocycles. The number of allylic oxidation sites excluding steroid dienone is 1. The zero-order chi connectivity index (χ0) is 16.5. The Morgan fingerprint density at radius 1 is 1.27 bits per heavy atom. The van der Waals surface area contributed by atoms with Gasteiger partial charge in [-0.3, -0.25) is 0 Å². The van der Waals surface area contributed by atoms with Crippen molar-refractivity contribution in [2.75, 3.05) is 32.1 Å². The zero-order valence-electron chi connectivity index (χ0n) is 14.8. The summed E-state index contributed by atoms with van der Waals surface area (Å²) in [7, 11) is 4.28. The molecule has 1 aromatic rings. The van der Waals surface area contributed by atoms with Crippen LogP contribution in [0.2, 0.25) is 0 Å². The van der Waals surface area contributed by atoms with Crippen molar-refractivity contribution in [3.05, 3.63) is 54.6 Å². The Balaban J connectivity index is 0.000000745. The predicted octanol–water partition coefficient (Wildman–Crippen LogP) is 4.53. The van der Waals surface area contributed by atoms with E-state index in [4.69, 9.17) is 0 Å². The Morgan fingerprint density at radius 3 is 2.55 bits per heavy atom. The van der Waals surface area contributed by atoms with Gasteiger partial charge >= 0.3 is 0 Å². The summed E-state index contributed by atoms with van der Waals surface area (Å²) in [6, 6.07) is 9.28. The lowest BCUT2D eigenvalue weighted by atomic mass is 10.0. The fourth-order valence-corrected chi connectivity index (χ4v) is 2.81. The average Bonchev–Trinajstić information content (AvgIpc) is 2.60. The normalized spacial score (nSPS) is 17.4. The number of fused-ring (bicyclic) bond motifs is 1. The van der Waals surface area contributed by atoms with Gasteiger partial charge in [-0.15, -0.1) is 6.58 Å². The molecule has 0 aliphatic carbocycles. The Labute approximate surface area is 137 Å². The smallest absolute Gasteiger partial charge is 0.0471 e. The number of rotatable bonds is 4. The highest BCUT2D eigenvalue weighted by Gasteiger charge is 2.22. The summed E-state index contributed by atoms with van der Waals surface area (Å²) in [5, 5.41) is 0. The van der Waals surface area contributed by atoms with Gasteiger partial charge in [0.2, 0.25) is 0 Å². The number of hydrogen-bond acceptors (Lipinski definition) is 2. The molecular formula is C20H32N2. The Bertz CT molecular complexity index is 476. The molecule has 0 radical (unpaired) electrons. The molecule has 0 saturated carbocycles. The number of hydrogen-bond donors (Lipinski definition) is 0. The molecule has 122 valence electrons. The predicted molar refractivity (Wildman–Crippen MR) is 99.8 cm³/mol. The lowest BCUT2D eigenvalue weighted by molar-refractivity contribution is 0.399. The Hall–Kier alpha value is -1.54. The summed E-state index contributed by atoms with van der Waals surface area (Å²) in [5.41, 5.74) is 4.24. The van der Waals surface area contributed by atoms with Crippen LogP contribution >= 0.6 is 0 Å². The van der Waals surface area contributed by atoms with E-state index in [1.807, 2.05) is 6.92 Å². The monoisotopic (exact) mass is 300 g/mol. The number of benzene rings is 1. The molecule has 0 amide bonds. The van der Waals surface area contributed by atoms with Gasteiger partial charge < -0.3 is 9.80 Å². The number of aryl methyl sites for hydroxylation is 1. The van der Waals surface area contributed by atoms with Crippen LogP contribution in [0.3, 0.4) is 0 Å². The second kappa shape index (κ2) is 9.47. The van der Waals surface area contributed by atoms with Gasteiger partial charge in [0.25, 0.3) is 0 Å². The van der Waals surface area contributed by atoms with E-state index < -0.39 is 0 Å². The highest BCUT2D eigenvalue weighted by atomic mass is 15.2. The van der Waals surface area contributed by atoms with E-state index >= 15 is 0 Å². The van der Waals surface area contributed by atoms with Crippen molar-refractivity contribution in [2.45, 2.75) is 39.2 Å². The van der Waals surface area contributed by atoms with Crippen LogP contribution in [0, 0.1) is 0 Å². The zero-order valence-corrected chi connectivity index (χ0v) is 14.8. The summed E-state index contributed by atoms with van der Waals surface area (Å²) in [6.45, 7) is 14.1. The summed E-state index contributed by atoms with van der Waals surface area (Å²) >= 11 is 0. The molecule has 22 heavy (non-hydrogen) atoms. The van der Waals surface area contributed by atoms with Crippen LogP contribution in [0.5, 0.6) is 0 Å². The van der Waals surface area contributed by atoms with Gasteiger partial charge in [-0.05, 0) is 65.4 Å². The van der Waals surface area contributed by atoms with E-state index in [2.05, 4.69) is 68.2 Å². The van der Waals surface area contributed by atoms with Crippen molar-refractivity contribution in [1.29, 1.82) is 0 Å². The van der Waals surface area contributed by atoms with Crippen LogP contribution in [0.1, 0.15) is 32.3 Å². The molecule has 1 unspecified atom stereocenters. The maximum atomic E-state index is 4.28. The van der Waals surface area contributed by atoms with Gasteiger partial charge in [0.05, 0.1) is 0 Å². The van der Waals surface area contributed by atoms with E-state index in [1.165, 1.54) is 23.2 Å². The first-order chi connectivity index (χ1) is 10.5. The highest BCUT2D eigenvalue weighted by Crippen LogP contribution is 2.31. The third kappa shape index (κ3) is 5.34. The van der Waals surface area contributed by atoms with Crippen molar-refractivity contribution in [3.63, 3.8) is 0 Å². The van der Waals surface area contributed by atoms with Gasteiger partial charge in [0, 0.05) is 18.3 Å². The summed E-state index contributed by atoms with van der Waals surface area (Å²) < 4.78 is 0. The SMILES string of the molecule is C=C1CCc2ccccc2N(CCCN(C)C)C1C.C=CC. The fraction of sp³-hybridized carbons (Fsp3) is 0.500. The third-order valence-corrected chi connectivity index (χ3v) is 4.08. The van der Waals surface area contributed by atoms with Gasteiger partial charge in [-0.25, -0.2) is 0 Å². The minimum Gasteiger partial charge on any atom is -0.365 e. The van der Waals surface area contributed by atoms with Crippen LogP contribution < -0.4 is 4.90 Å². The van der Waals surface area contributed by atoms with Crippen LogP contribution in [-0.4, -0.2) is 38.1 Å². The number of nitrogens with zero attached hydrogens (tertiary/aromatic N) is 2. The topological polar surface area (TPSA) is 6.48 Å². The summed E-state index contributed by atoms with van der Waals surface area (Å²) in [5.74, 6) is 0. The molecule has 0 bridgehead atoms. The Kier molecular flexibility index (Phi) is 7.97. The third-order valence-electron chi connectivity index (χ3n) is 4.08. The standard InChI is InChI=1S/C17H26N2.C3H6/c1-14-10-11-16-8-5-6-9-17(16)19(15(14)2)13-7-12-18(3)4;1-3-2/h5-6,8-9,15H,1,7,10-13H2,2-4H3;3H,1H2,2H3. The molecule has 1 atom stereocenters. The molecule has 0 N–H and O–H groups in total. The van der Waals surface area contributed by atoms with Crippen molar-refractivity contribution in [2.24, 2.45) is 0 Å². The lowest BCUT2D eigenvalue weighted by Crippen LogP contribution is -2.35. The molecule has 1 aliphatic rings. The van der Waals surface area contributed by atoms with Crippen LogP contribution in [0.4, 0.5) is 5.69 Å². The molecule has 1 aliphatic heterocycles. The van der Waals surface area contributed by atoms with Crippen molar-refractivity contribution < 1.29 is 0 Å². The quantitative estimate of drug-likeness (QED) is 0.754. The molecule has 2 rings (SSSR count). The molecule has 2 nitrogen and oxygen atoms in total. The fourth-order valence-electron chi connectivity index (χ4n) is 2.81. The van der Waals surface area contributed by atoms with Gasteiger partial charge in [0.1, 0.15) is 0 Å². The largest absolute Gasteiger partial charge is 0.365 e. The second-order valence-electron chi connectivity index (χ2n) is 6.22. The van der Waals surface area contributed by atoms with Crippen molar-refractivity contribution in [3.8, 4) is 0 Å². The highest BCUT2D eigenvalue weighted by molar-refractivity contribution is 5.57. The average molecular weight is 300 g/mol. The maximum absolute atomic E-state index is 4.28. The van der Waals surface area contributed by atoms with Crippen molar-refractivity contribution >= 4 is 5.69 Å². The summed E-state index contributed by atoms with van der Waals surface area (Å²) in [6.07, 6.45) is 5.19. The molecule has 0 spiro atoms. The van der Waals surface area contributed by atoms with E-state index in [9.17, 15) is 0 Å². The van der Waals surface area contributed by atoms with E-state index in [1.54, 1.807) is 6.08 Å². The van der Waals surface area contributed by atoms with Crippen LogP contribution in [0.25, 0.3) is 0 Å². The maximum Gasteiger partial charge on any atom is 0.0471 e. The lowest BCUT2D eigenvalue weighted by Gasteiger charge is -2.32.